The Bertz CT molecular complexity index is 426. The lowest BCUT2D eigenvalue weighted by molar-refractivity contribution is -0.130. The van der Waals surface area contributed by atoms with Gasteiger partial charge in [0.25, 0.3) is 0 Å². The minimum Gasteiger partial charge on any atom is -0.342 e. The third-order valence-corrected chi connectivity index (χ3v) is 3.06. The van der Waals surface area contributed by atoms with Gasteiger partial charge in [0.2, 0.25) is 5.91 Å². The van der Waals surface area contributed by atoms with Gasteiger partial charge in [-0.2, -0.15) is 0 Å². The molecule has 0 aromatic carbocycles. The first-order valence-electron chi connectivity index (χ1n) is 6.33. The molecule has 1 unspecified atom stereocenters. The summed E-state index contributed by atoms with van der Waals surface area (Å²) in [7, 11) is 1.85. The number of nitrogens with zero attached hydrogens (tertiary/aromatic N) is 2. The van der Waals surface area contributed by atoms with E-state index in [2.05, 4.69) is 24.9 Å². The maximum absolute atomic E-state index is 11.9. The van der Waals surface area contributed by atoms with Gasteiger partial charge in [0.1, 0.15) is 0 Å². The Hall–Kier alpha value is -1.64. The number of allylic oxidation sites excluding steroid dienone is 1. The zero-order valence-corrected chi connectivity index (χ0v) is 11.7. The average Bonchev–Trinajstić information content (AvgIpc) is 2.35. The molecule has 0 N–H and O–H groups in total. The number of amides is 1. The van der Waals surface area contributed by atoms with Crippen LogP contribution in [0.5, 0.6) is 0 Å². The third-order valence-electron chi connectivity index (χ3n) is 3.06. The topological polar surface area (TPSA) is 33.2 Å². The zero-order valence-electron chi connectivity index (χ0n) is 11.7. The number of likely N-dealkylation sites (N-methyl/N-ethyl adjacent to an activating group) is 1. The Morgan fingerprint density at radius 2 is 2.28 bits per heavy atom. The maximum atomic E-state index is 11.9. The van der Waals surface area contributed by atoms with E-state index < -0.39 is 0 Å². The molecule has 3 heteroatoms. The molecule has 1 amide bonds. The highest BCUT2D eigenvalue weighted by Crippen LogP contribution is 2.08. The summed E-state index contributed by atoms with van der Waals surface area (Å²) in [5.74, 6) is 0.147. The number of aromatic nitrogens is 1. The molecule has 1 atom stereocenters. The van der Waals surface area contributed by atoms with Crippen molar-refractivity contribution < 1.29 is 4.79 Å². The second-order valence-electron chi connectivity index (χ2n) is 4.66. The summed E-state index contributed by atoms with van der Waals surface area (Å²) in [4.78, 5) is 18.0. The lowest BCUT2D eigenvalue weighted by atomic mass is 10.1. The van der Waals surface area contributed by atoms with E-state index in [4.69, 9.17) is 0 Å². The van der Waals surface area contributed by atoms with Gasteiger partial charge in [-0.3, -0.25) is 9.78 Å². The van der Waals surface area contributed by atoms with Crippen molar-refractivity contribution in [3.05, 3.63) is 41.7 Å². The van der Waals surface area contributed by atoms with Crippen LogP contribution in [0.4, 0.5) is 0 Å². The highest BCUT2D eigenvalue weighted by atomic mass is 16.2. The van der Waals surface area contributed by atoms with Crippen molar-refractivity contribution in [3.8, 4) is 0 Å². The molecule has 18 heavy (non-hydrogen) atoms. The van der Waals surface area contributed by atoms with E-state index >= 15 is 0 Å². The number of pyridine rings is 1. The molecular weight excluding hydrogens is 224 g/mol. The number of hydrogen-bond donors (Lipinski definition) is 0. The first kappa shape index (κ1) is 14.4. The molecule has 1 heterocycles. The minimum atomic E-state index is 0.147. The van der Waals surface area contributed by atoms with E-state index in [9.17, 15) is 4.79 Å². The normalized spacial score (nSPS) is 12.7. The van der Waals surface area contributed by atoms with Crippen LogP contribution in [0, 0.1) is 6.92 Å². The third kappa shape index (κ3) is 4.32. The molecule has 98 valence electrons. The molecule has 0 radical (unpaired) electrons. The van der Waals surface area contributed by atoms with Gasteiger partial charge >= 0.3 is 0 Å². The Morgan fingerprint density at radius 3 is 2.89 bits per heavy atom. The van der Waals surface area contributed by atoms with Gasteiger partial charge in [-0.15, -0.1) is 0 Å². The zero-order chi connectivity index (χ0) is 13.5. The smallest absolute Gasteiger partial charge is 0.226 e. The quantitative estimate of drug-likeness (QED) is 0.748. The molecule has 0 fully saturated rings. The van der Waals surface area contributed by atoms with E-state index in [-0.39, 0.29) is 11.9 Å². The van der Waals surface area contributed by atoms with Gasteiger partial charge in [0.15, 0.2) is 0 Å². The molecule has 0 saturated heterocycles. The second kappa shape index (κ2) is 6.94. The Balaban J connectivity index is 2.59. The molecule has 1 aromatic rings. The number of hydrogen-bond acceptors (Lipinski definition) is 2. The SMILES string of the molecule is CC=CCC(=O)N(C)C(C)Cc1cc(C)ccn1. The molecule has 0 aliphatic heterocycles. The first-order chi connectivity index (χ1) is 8.54. The Labute approximate surface area is 110 Å². The van der Waals surface area contributed by atoms with Crippen molar-refractivity contribution in [2.75, 3.05) is 7.05 Å². The fourth-order valence-corrected chi connectivity index (χ4v) is 1.76. The van der Waals surface area contributed by atoms with Crippen LogP contribution in [0.15, 0.2) is 30.5 Å². The van der Waals surface area contributed by atoms with Crippen molar-refractivity contribution in [3.63, 3.8) is 0 Å². The fraction of sp³-hybridized carbons (Fsp3) is 0.467. The summed E-state index contributed by atoms with van der Waals surface area (Å²) in [6.45, 7) is 6.03. The molecule has 3 nitrogen and oxygen atoms in total. The van der Waals surface area contributed by atoms with Crippen molar-refractivity contribution in [1.29, 1.82) is 0 Å². The largest absolute Gasteiger partial charge is 0.342 e. The monoisotopic (exact) mass is 246 g/mol. The van der Waals surface area contributed by atoms with Crippen LogP contribution in [0.3, 0.4) is 0 Å². The lowest BCUT2D eigenvalue weighted by Crippen LogP contribution is -2.36. The van der Waals surface area contributed by atoms with E-state index in [1.54, 1.807) is 4.90 Å². The number of aryl methyl sites for hydroxylation is 1. The summed E-state index contributed by atoms with van der Waals surface area (Å²) in [5.41, 5.74) is 2.24. The Kier molecular flexibility index (Phi) is 5.56. The predicted octanol–water partition coefficient (Wildman–Crippen LogP) is 2.75. The van der Waals surface area contributed by atoms with E-state index in [0.717, 1.165) is 12.1 Å². The predicted molar refractivity (Wildman–Crippen MR) is 74.3 cm³/mol. The average molecular weight is 246 g/mol. The van der Waals surface area contributed by atoms with Crippen LogP contribution in [-0.2, 0) is 11.2 Å². The van der Waals surface area contributed by atoms with Crippen molar-refractivity contribution in [2.24, 2.45) is 0 Å². The maximum Gasteiger partial charge on any atom is 0.226 e. The Morgan fingerprint density at radius 1 is 1.56 bits per heavy atom. The molecule has 0 bridgehead atoms. The van der Waals surface area contributed by atoms with Gasteiger partial charge < -0.3 is 4.90 Å². The van der Waals surface area contributed by atoms with Gasteiger partial charge in [0.05, 0.1) is 0 Å². The van der Waals surface area contributed by atoms with Crippen LogP contribution in [0.2, 0.25) is 0 Å². The molecule has 0 aliphatic carbocycles. The summed E-state index contributed by atoms with van der Waals surface area (Å²) < 4.78 is 0. The van der Waals surface area contributed by atoms with Crippen LogP contribution < -0.4 is 0 Å². The van der Waals surface area contributed by atoms with E-state index in [1.165, 1.54) is 5.56 Å². The van der Waals surface area contributed by atoms with Gasteiger partial charge in [-0.25, -0.2) is 0 Å². The number of carbonyl (C=O) groups is 1. The summed E-state index contributed by atoms with van der Waals surface area (Å²) in [6.07, 6.45) is 6.87. The number of rotatable bonds is 5. The molecule has 0 saturated carbocycles. The van der Waals surface area contributed by atoms with Crippen molar-refractivity contribution in [1.82, 2.24) is 9.88 Å². The van der Waals surface area contributed by atoms with Crippen LogP contribution in [0.1, 0.15) is 31.5 Å². The van der Waals surface area contributed by atoms with Gasteiger partial charge in [0, 0.05) is 37.8 Å². The highest BCUT2D eigenvalue weighted by molar-refractivity contribution is 5.77. The van der Waals surface area contributed by atoms with E-state index in [1.807, 2.05) is 38.4 Å². The molecule has 1 aromatic heterocycles. The fourth-order valence-electron chi connectivity index (χ4n) is 1.76. The lowest BCUT2D eigenvalue weighted by Gasteiger charge is -2.24. The summed E-state index contributed by atoms with van der Waals surface area (Å²) in [6, 6.07) is 4.22. The standard InChI is InChI=1S/C15H22N2O/c1-5-6-7-15(18)17(4)13(3)11-14-10-12(2)8-9-16-14/h5-6,8-10,13H,7,11H2,1-4H3. The van der Waals surface area contributed by atoms with E-state index in [0.29, 0.717) is 6.42 Å². The van der Waals surface area contributed by atoms with Crippen LogP contribution >= 0.6 is 0 Å². The molecular formula is C15H22N2O. The van der Waals surface area contributed by atoms with Crippen LogP contribution in [0.25, 0.3) is 0 Å². The van der Waals surface area contributed by atoms with Gasteiger partial charge in [-0.1, -0.05) is 12.2 Å². The number of carbonyl (C=O) groups excluding carboxylic acids is 1. The molecule has 0 aliphatic rings. The molecule has 1 rings (SSSR count). The second-order valence-corrected chi connectivity index (χ2v) is 4.66. The minimum absolute atomic E-state index is 0.147. The summed E-state index contributed by atoms with van der Waals surface area (Å²) in [5, 5.41) is 0. The van der Waals surface area contributed by atoms with Crippen LogP contribution in [-0.4, -0.2) is 28.9 Å². The summed E-state index contributed by atoms with van der Waals surface area (Å²) >= 11 is 0. The molecule has 0 spiro atoms. The van der Waals surface area contributed by atoms with Crippen molar-refractivity contribution in [2.45, 2.75) is 39.7 Å². The van der Waals surface area contributed by atoms with Crippen molar-refractivity contribution >= 4 is 5.91 Å². The highest BCUT2D eigenvalue weighted by Gasteiger charge is 2.15. The van der Waals surface area contributed by atoms with Gasteiger partial charge in [-0.05, 0) is 38.5 Å². The first-order valence-corrected chi connectivity index (χ1v) is 6.33.